The van der Waals surface area contributed by atoms with E-state index in [0.717, 1.165) is 12.1 Å². The smallest absolute Gasteiger partial charge is 0.175 e. The topological polar surface area (TPSA) is 52.0 Å². The van der Waals surface area contributed by atoms with Crippen molar-refractivity contribution in [1.29, 1.82) is 0 Å². The number of nitrogens with two attached hydrogens (primary N) is 1. The quantitative estimate of drug-likeness (QED) is 0.733. The Balaban J connectivity index is 2.45. The highest BCUT2D eigenvalue weighted by atomic mass is 35.5. The van der Waals surface area contributed by atoms with Crippen molar-refractivity contribution < 1.29 is 13.3 Å². The molecule has 3 aromatic rings. The predicted octanol–water partition coefficient (Wildman–Crippen LogP) is 4.01. The van der Waals surface area contributed by atoms with Crippen molar-refractivity contribution in [2.45, 2.75) is 0 Å². The second-order valence-electron chi connectivity index (χ2n) is 3.99. The van der Waals surface area contributed by atoms with Crippen molar-refractivity contribution >= 4 is 28.4 Å². The summed E-state index contributed by atoms with van der Waals surface area (Å²) in [6.07, 6.45) is 0. The third kappa shape index (κ3) is 1.82. The maximum absolute atomic E-state index is 13.9. The van der Waals surface area contributed by atoms with Crippen LogP contribution in [0.25, 0.3) is 22.1 Å². The average Bonchev–Trinajstić information content (AvgIpc) is 2.70. The van der Waals surface area contributed by atoms with E-state index < -0.39 is 11.6 Å². The highest BCUT2D eigenvalue weighted by molar-refractivity contribution is 6.32. The molecule has 2 N–H and O–H groups in total. The van der Waals surface area contributed by atoms with Gasteiger partial charge < -0.3 is 10.3 Å². The fraction of sp³-hybridized carbons (Fsp3) is 0. The van der Waals surface area contributed by atoms with Gasteiger partial charge in [-0.25, -0.2) is 8.78 Å². The molecule has 0 unspecified atom stereocenters. The molecule has 19 heavy (non-hydrogen) atoms. The molecule has 3 rings (SSSR count). The molecule has 0 aliphatic carbocycles. The molecule has 0 atom stereocenters. The van der Waals surface area contributed by atoms with Gasteiger partial charge in [0.2, 0.25) is 0 Å². The average molecular weight is 281 g/mol. The largest absolute Gasteiger partial charge is 0.380 e. The van der Waals surface area contributed by atoms with Gasteiger partial charge in [-0.3, -0.25) is 0 Å². The van der Waals surface area contributed by atoms with Crippen LogP contribution >= 0.6 is 11.6 Å². The Labute approximate surface area is 111 Å². The minimum absolute atomic E-state index is 0.0596. The zero-order chi connectivity index (χ0) is 13.6. The number of aromatic nitrogens is 1. The van der Waals surface area contributed by atoms with Gasteiger partial charge in [0.15, 0.2) is 11.4 Å². The first-order chi connectivity index (χ1) is 9.08. The van der Waals surface area contributed by atoms with Crippen molar-refractivity contribution in [3.05, 3.63) is 47.0 Å². The number of nitrogens with zero attached hydrogens (tertiary/aromatic N) is 1. The fourth-order valence-corrected chi connectivity index (χ4v) is 2.22. The Morgan fingerprint density at radius 3 is 2.53 bits per heavy atom. The van der Waals surface area contributed by atoms with Crippen LogP contribution in [0.15, 0.2) is 34.9 Å². The van der Waals surface area contributed by atoms with Crippen LogP contribution in [0.3, 0.4) is 0 Å². The molecule has 0 saturated heterocycles. The number of fused-ring (bicyclic) bond motifs is 1. The minimum Gasteiger partial charge on any atom is -0.380 e. The maximum atomic E-state index is 13.9. The van der Waals surface area contributed by atoms with Crippen LogP contribution in [0.5, 0.6) is 0 Å². The summed E-state index contributed by atoms with van der Waals surface area (Å²) in [5.41, 5.74) is 5.97. The summed E-state index contributed by atoms with van der Waals surface area (Å²) in [5.74, 6) is -1.35. The Hall–Kier alpha value is -2.14. The molecule has 1 heterocycles. The molecular formula is C13H7ClF2N2O. The number of nitrogen functional groups attached to an aromatic ring is 1. The molecule has 0 fully saturated rings. The predicted molar refractivity (Wildman–Crippen MR) is 68.8 cm³/mol. The van der Waals surface area contributed by atoms with Crippen molar-refractivity contribution in [3.8, 4) is 11.1 Å². The molecular weight excluding hydrogens is 274 g/mol. The van der Waals surface area contributed by atoms with Crippen molar-refractivity contribution in [1.82, 2.24) is 5.16 Å². The number of anilines is 1. The van der Waals surface area contributed by atoms with Crippen LogP contribution in [0.4, 0.5) is 14.6 Å². The van der Waals surface area contributed by atoms with Crippen LogP contribution in [0.2, 0.25) is 5.02 Å². The summed E-state index contributed by atoms with van der Waals surface area (Å²) >= 11 is 5.91. The van der Waals surface area contributed by atoms with E-state index in [1.807, 2.05) is 0 Å². The standard InChI is InChI=1S/C13H7ClF2N2O/c14-6-4-7(11-8(15)2-1-3-9(11)16)12-10(5-6)19-18-13(12)17/h1-5H,(H2,17,18). The van der Waals surface area contributed by atoms with Crippen LogP contribution in [0.1, 0.15) is 0 Å². The first-order valence-electron chi connectivity index (χ1n) is 5.36. The summed E-state index contributed by atoms with van der Waals surface area (Å²) < 4.78 is 32.7. The van der Waals surface area contributed by atoms with E-state index in [2.05, 4.69) is 5.16 Å². The highest BCUT2D eigenvalue weighted by Gasteiger charge is 2.19. The van der Waals surface area contributed by atoms with Gasteiger partial charge in [-0.2, -0.15) is 0 Å². The first kappa shape index (κ1) is 11.9. The maximum Gasteiger partial charge on any atom is 0.175 e. The number of rotatable bonds is 1. The first-order valence-corrected chi connectivity index (χ1v) is 5.74. The van der Waals surface area contributed by atoms with Gasteiger partial charge in [-0.15, -0.1) is 0 Å². The van der Waals surface area contributed by atoms with E-state index >= 15 is 0 Å². The zero-order valence-corrected chi connectivity index (χ0v) is 10.2. The van der Waals surface area contributed by atoms with E-state index in [4.69, 9.17) is 21.9 Å². The number of halogens is 3. The summed E-state index contributed by atoms with van der Waals surface area (Å²) in [6, 6.07) is 6.53. The van der Waals surface area contributed by atoms with Crippen molar-refractivity contribution in [2.24, 2.45) is 0 Å². The molecule has 2 aromatic carbocycles. The molecule has 3 nitrogen and oxygen atoms in total. The SMILES string of the molecule is Nc1noc2cc(Cl)cc(-c3c(F)cccc3F)c12. The molecule has 6 heteroatoms. The molecule has 0 saturated carbocycles. The summed E-state index contributed by atoms with van der Waals surface area (Å²) in [4.78, 5) is 0. The molecule has 0 bridgehead atoms. The Kier molecular flexibility index (Phi) is 2.64. The molecule has 1 aromatic heterocycles. The van der Waals surface area contributed by atoms with E-state index in [9.17, 15) is 8.78 Å². The third-order valence-electron chi connectivity index (χ3n) is 2.80. The molecule has 0 radical (unpaired) electrons. The van der Waals surface area contributed by atoms with E-state index in [1.165, 1.54) is 18.2 Å². The van der Waals surface area contributed by atoms with Gasteiger partial charge in [0, 0.05) is 16.7 Å². The summed E-state index contributed by atoms with van der Waals surface area (Å²) in [7, 11) is 0. The molecule has 0 amide bonds. The fourth-order valence-electron chi connectivity index (χ4n) is 2.01. The number of hydrogen-bond acceptors (Lipinski definition) is 3. The highest BCUT2D eigenvalue weighted by Crippen LogP contribution is 2.37. The lowest BCUT2D eigenvalue weighted by Gasteiger charge is -2.07. The zero-order valence-electron chi connectivity index (χ0n) is 9.45. The lowest BCUT2D eigenvalue weighted by molar-refractivity contribution is 0.460. The monoisotopic (exact) mass is 280 g/mol. The van der Waals surface area contributed by atoms with Crippen LogP contribution in [-0.2, 0) is 0 Å². The second-order valence-corrected chi connectivity index (χ2v) is 4.43. The normalized spacial score (nSPS) is 11.1. The van der Waals surface area contributed by atoms with Crippen molar-refractivity contribution in [2.75, 3.05) is 5.73 Å². The van der Waals surface area contributed by atoms with Crippen LogP contribution < -0.4 is 5.73 Å². The third-order valence-corrected chi connectivity index (χ3v) is 3.02. The van der Waals surface area contributed by atoms with E-state index in [0.29, 0.717) is 5.39 Å². The van der Waals surface area contributed by atoms with Gasteiger partial charge in [0.25, 0.3) is 0 Å². The Morgan fingerprint density at radius 2 is 1.84 bits per heavy atom. The Bertz CT molecular complexity index is 765. The minimum atomic E-state index is -0.704. The van der Waals surface area contributed by atoms with Gasteiger partial charge in [-0.05, 0) is 18.2 Å². The lowest BCUT2D eigenvalue weighted by atomic mass is 10.0. The molecule has 0 aliphatic heterocycles. The summed E-state index contributed by atoms with van der Waals surface area (Å²) in [6.45, 7) is 0. The number of hydrogen-bond donors (Lipinski definition) is 1. The second kappa shape index (κ2) is 4.20. The van der Waals surface area contributed by atoms with Crippen molar-refractivity contribution in [3.63, 3.8) is 0 Å². The van der Waals surface area contributed by atoms with Crippen LogP contribution in [0, 0.1) is 11.6 Å². The van der Waals surface area contributed by atoms with E-state index in [-0.39, 0.29) is 27.6 Å². The van der Waals surface area contributed by atoms with Gasteiger partial charge in [0.05, 0.1) is 10.9 Å². The number of benzene rings is 2. The molecule has 96 valence electrons. The molecule has 0 aliphatic rings. The lowest BCUT2D eigenvalue weighted by Crippen LogP contribution is -1.92. The summed E-state index contributed by atoms with van der Waals surface area (Å²) in [5, 5.41) is 4.20. The molecule has 0 spiro atoms. The van der Waals surface area contributed by atoms with Gasteiger partial charge >= 0.3 is 0 Å². The van der Waals surface area contributed by atoms with Gasteiger partial charge in [0.1, 0.15) is 11.6 Å². The van der Waals surface area contributed by atoms with E-state index in [1.54, 1.807) is 0 Å². The Morgan fingerprint density at radius 1 is 1.16 bits per heavy atom. The van der Waals surface area contributed by atoms with Crippen LogP contribution in [-0.4, -0.2) is 5.16 Å². The van der Waals surface area contributed by atoms with Gasteiger partial charge in [-0.1, -0.05) is 22.8 Å².